The summed E-state index contributed by atoms with van der Waals surface area (Å²) in [5, 5.41) is 1.69. The molecule has 0 radical (unpaired) electrons. The summed E-state index contributed by atoms with van der Waals surface area (Å²) < 4.78 is 1.93. The van der Waals surface area contributed by atoms with Crippen molar-refractivity contribution < 1.29 is 4.79 Å². The van der Waals surface area contributed by atoms with Crippen LogP contribution >= 0.6 is 11.3 Å². The molecule has 19 heavy (non-hydrogen) atoms. The maximum atomic E-state index is 12.2. The van der Waals surface area contributed by atoms with E-state index in [0.717, 1.165) is 0 Å². The molecule has 0 spiro atoms. The quantitative estimate of drug-likeness (QED) is 0.669. The van der Waals surface area contributed by atoms with Gasteiger partial charge in [0.05, 0.1) is 0 Å². The molecule has 2 heterocycles. The molecular weight excluding hydrogens is 264 g/mol. The van der Waals surface area contributed by atoms with Gasteiger partial charge in [0.25, 0.3) is 11.5 Å². The van der Waals surface area contributed by atoms with Gasteiger partial charge < -0.3 is 0 Å². The number of fused-ring (bicyclic) bond motifs is 1. The third-order valence-electron chi connectivity index (χ3n) is 2.72. The Morgan fingerprint density at radius 2 is 1.84 bits per heavy atom. The molecule has 0 saturated carbocycles. The van der Waals surface area contributed by atoms with Crippen molar-refractivity contribution >= 4 is 22.1 Å². The van der Waals surface area contributed by atoms with Crippen LogP contribution in [0.1, 0.15) is 10.4 Å². The highest BCUT2D eigenvalue weighted by atomic mass is 32.1. The molecule has 6 heteroatoms. The van der Waals surface area contributed by atoms with E-state index in [4.69, 9.17) is 0 Å². The van der Waals surface area contributed by atoms with Gasteiger partial charge in [-0.2, -0.15) is 4.57 Å². The minimum absolute atomic E-state index is 0.303. The Morgan fingerprint density at radius 1 is 1.11 bits per heavy atom. The smallest absolute Gasteiger partial charge is 0.269 e. The van der Waals surface area contributed by atoms with Crippen LogP contribution in [0.3, 0.4) is 0 Å². The lowest BCUT2D eigenvalue weighted by Gasteiger charge is -2.03. The summed E-state index contributed by atoms with van der Waals surface area (Å²) in [6.07, 6.45) is 1.54. The Bertz CT molecular complexity index is 874. The third kappa shape index (κ3) is 1.82. The van der Waals surface area contributed by atoms with Crippen LogP contribution in [0.5, 0.6) is 0 Å². The number of hydrogen-bond acceptors (Lipinski definition) is 4. The van der Waals surface area contributed by atoms with E-state index in [0.29, 0.717) is 15.0 Å². The number of hydrogen-bond donors (Lipinski definition) is 0. The van der Waals surface area contributed by atoms with E-state index >= 15 is 0 Å². The molecule has 0 unspecified atom stereocenters. The largest absolute Gasteiger partial charge is 0.343 e. The van der Waals surface area contributed by atoms with E-state index in [-0.39, 0.29) is 0 Å². The van der Waals surface area contributed by atoms with Gasteiger partial charge in [0.15, 0.2) is 0 Å². The van der Waals surface area contributed by atoms with Crippen LogP contribution < -0.4 is 11.2 Å². The van der Waals surface area contributed by atoms with Crippen LogP contribution in [0.4, 0.5) is 0 Å². The molecule has 3 aromatic rings. The van der Waals surface area contributed by atoms with Gasteiger partial charge in [0.1, 0.15) is 4.83 Å². The number of benzene rings is 1. The van der Waals surface area contributed by atoms with Gasteiger partial charge in [-0.05, 0) is 12.1 Å². The molecule has 1 aromatic carbocycles. The van der Waals surface area contributed by atoms with Crippen molar-refractivity contribution in [3.05, 3.63) is 74.4 Å². The lowest BCUT2D eigenvalue weighted by molar-refractivity contribution is 0.0950. The SMILES string of the molecule is O=C(c1ccccc1)n1c(=O)cc2sccn2c1=O. The molecular formula is C13H8N2O3S. The standard InChI is InChI=1S/C13H8N2O3S/c16-10-8-11-14(6-7-19-11)13(18)15(10)12(17)9-4-2-1-3-5-9/h1-8H. The molecule has 2 aromatic heterocycles. The first-order valence-corrected chi connectivity index (χ1v) is 6.38. The zero-order chi connectivity index (χ0) is 13.4. The van der Waals surface area contributed by atoms with Crippen molar-refractivity contribution in [1.29, 1.82) is 0 Å². The molecule has 0 aliphatic heterocycles. The lowest BCUT2D eigenvalue weighted by Crippen LogP contribution is -2.40. The molecule has 0 atom stereocenters. The van der Waals surface area contributed by atoms with Gasteiger partial charge in [0.2, 0.25) is 0 Å². The Kier molecular flexibility index (Phi) is 2.64. The van der Waals surface area contributed by atoms with E-state index in [1.807, 2.05) is 0 Å². The average Bonchev–Trinajstić information content (AvgIpc) is 2.88. The Labute approximate surface area is 111 Å². The topological polar surface area (TPSA) is 60.6 Å². The number of aromatic nitrogens is 2. The molecule has 0 saturated heterocycles. The highest BCUT2D eigenvalue weighted by Gasteiger charge is 2.15. The number of nitrogens with zero attached hydrogens (tertiary/aromatic N) is 2. The molecule has 0 amide bonds. The van der Waals surface area contributed by atoms with Gasteiger partial charge in [-0.25, -0.2) is 4.79 Å². The van der Waals surface area contributed by atoms with Crippen LogP contribution in [0.25, 0.3) is 4.83 Å². The maximum absolute atomic E-state index is 12.2. The Hall–Kier alpha value is -2.47. The van der Waals surface area contributed by atoms with Crippen molar-refractivity contribution in [2.75, 3.05) is 0 Å². The number of carbonyl (C=O) groups excluding carboxylic acids is 1. The van der Waals surface area contributed by atoms with Crippen molar-refractivity contribution in [3.8, 4) is 0 Å². The second-order valence-electron chi connectivity index (χ2n) is 3.88. The van der Waals surface area contributed by atoms with E-state index in [9.17, 15) is 14.4 Å². The van der Waals surface area contributed by atoms with Gasteiger partial charge in [-0.3, -0.25) is 14.0 Å². The minimum Gasteiger partial charge on any atom is -0.269 e. The summed E-state index contributed by atoms with van der Waals surface area (Å²) in [5.74, 6) is -0.615. The fourth-order valence-corrected chi connectivity index (χ4v) is 2.57. The van der Waals surface area contributed by atoms with Crippen LogP contribution in [0, 0.1) is 0 Å². The van der Waals surface area contributed by atoms with Gasteiger partial charge >= 0.3 is 5.69 Å². The lowest BCUT2D eigenvalue weighted by atomic mass is 10.2. The van der Waals surface area contributed by atoms with Crippen LogP contribution in [-0.4, -0.2) is 14.9 Å². The first kappa shape index (κ1) is 11.6. The van der Waals surface area contributed by atoms with E-state index < -0.39 is 17.2 Å². The fraction of sp³-hybridized carbons (Fsp3) is 0. The monoisotopic (exact) mass is 272 g/mol. The minimum atomic E-state index is -0.641. The van der Waals surface area contributed by atoms with E-state index in [1.54, 1.807) is 35.7 Å². The van der Waals surface area contributed by atoms with Gasteiger partial charge in [0, 0.05) is 23.2 Å². The van der Waals surface area contributed by atoms with Crippen LogP contribution in [0.2, 0.25) is 0 Å². The first-order chi connectivity index (χ1) is 9.18. The van der Waals surface area contributed by atoms with Crippen molar-refractivity contribution in [1.82, 2.24) is 8.97 Å². The predicted octanol–water partition coefficient (Wildman–Crippen LogP) is 1.21. The molecule has 3 rings (SSSR count). The van der Waals surface area contributed by atoms with Gasteiger partial charge in [-0.1, -0.05) is 18.2 Å². The maximum Gasteiger partial charge on any atom is 0.343 e. The van der Waals surface area contributed by atoms with E-state index in [1.165, 1.54) is 28.0 Å². The summed E-state index contributed by atoms with van der Waals surface area (Å²) >= 11 is 1.27. The normalized spacial score (nSPS) is 10.7. The van der Waals surface area contributed by atoms with E-state index in [2.05, 4.69) is 0 Å². The number of carbonyl (C=O) groups is 1. The molecule has 0 fully saturated rings. The second kappa shape index (κ2) is 4.33. The number of rotatable bonds is 1. The van der Waals surface area contributed by atoms with Crippen molar-refractivity contribution in [3.63, 3.8) is 0 Å². The summed E-state index contributed by atoms with van der Waals surface area (Å²) in [5.41, 5.74) is -0.948. The molecule has 0 aliphatic carbocycles. The van der Waals surface area contributed by atoms with Crippen molar-refractivity contribution in [2.45, 2.75) is 0 Å². The van der Waals surface area contributed by atoms with Crippen molar-refractivity contribution in [2.24, 2.45) is 0 Å². The first-order valence-electron chi connectivity index (χ1n) is 5.50. The predicted molar refractivity (Wildman–Crippen MR) is 72.0 cm³/mol. The Balaban J connectivity index is 2.29. The number of thiazole rings is 1. The third-order valence-corrected chi connectivity index (χ3v) is 3.54. The van der Waals surface area contributed by atoms with Gasteiger partial charge in [-0.15, -0.1) is 11.3 Å². The molecule has 5 nitrogen and oxygen atoms in total. The summed E-state index contributed by atoms with van der Waals surface area (Å²) in [6, 6.07) is 9.53. The van der Waals surface area contributed by atoms with Crippen LogP contribution in [0.15, 0.2) is 57.6 Å². The summed E-state index contributed by atoms with van der Waals surface area (Å²) in [7, 11) is 0. The molecule has 94 valence electrons. The zero-order valence-electron chi connectivity index (χ0n) is 9.65. The molecule has 0 N–H and O–H groups in total. The second-order valence-corrected chi connectivity index (χ2v) is 4.81. The zero-order valence-corrected chi connectivity index (χ0v) is 10.5. The average molecular weight is 272 g/mol. The highest BCUT2D eigenvalue weighted by Crippen LogP contribution is 2.06. The molecule has 0 aliphatic rings. The Morgan fingerprint density at radius 3 is 2.58 bits per heavy atom. The molecule has 0 bridgehead atoms. The van der Waals surface area contributed by atoms with Crippen LogP contribution in [-0.2, 0) is 0 Å². The summed E-state index contributed by atoms with van der Waals surface area (Å²) in [4.78, 5) is 36.8. The highest BCUT2D eigenvalue weighted by molar-refractivity contribution is 7.15. The summed E-state index contributed by atoms with van der Waals surface area (Å²) in [6.45, 7) is 0. The fourth-order valence-electron chi connectivity index (χ4n) is 1.82.